The zero-order valence-electron chi connectivity index (χ0n) is 31.4. The van der Waals surface area contributed by atoms with E-state index in [1.807, 2.05) is 11.3 Å². The van der Waals surface area contributed by atoms with Gasteiger partial charge in [-0.15, -0.1) is 11.3 Å². The molecule has 0 saturated carbocycles. The summed E-state index contributed by atoms with van der Waals surface area (Å²) < 4.78 is 2.68. The van der Waals surface area contributed by atoms with Gasteiger partial charge in [0.1, 0.15) is 0 Å². The summed E-state index contributed by atoms with van der Waals surface area (Å²) in [5.41, 5.74) is 17.5. The predicted octanol–water partition coefficient (Wildman–Crippen LogP) is 11.9. The molecule has 3 heteroatoms. The molecule has 0 unspecified atom stereocenters. The molecule has 0 radical (unpaired) electrons. The van der Waals surface area contributed by atoms with Crippen molar-refractivity contribution in [1.82, 2.24) is 0 Å². The van der Waals surface area contributed by atoms with Crippen LogP contribution in [0.3, 0.4) is 0 Å². The molecule has 0 aliphatic carbocycles. The molecule has 51 heavy (non-hydrogen) atoms. The van der Waals surface area contributed by atoms with Crippen LogP contribution in [-0.4, -0.2) is 6.71 Å². The van der Waals surface area contributed by atoms with Crippen LogP contribution in [0.2, 0.25) is 0 Å². The molecule has 9 rings (SSSR count). The van der Waals surface area contributed by atoms with E-state index in [2.05, 4.69) is 182 Å². The second-order valence-corrected chi connectivity index (χ2v) is 19.0. The van der Waals surface area contributed by atoms with E-state index in [1.54, 1.807) is 0 Å². The normalized spacial score (nSPS) is 13.9. The predicted molar refractivity (Wildman–Crippen MR) is 226 cm³/mol. The first kappa shape index (κ1) is 32.3. The topological polar surface area (TPSA) is 3.24 Å². The van der Waals surface area contributed by atoms with Gasteiger partial charge >= 0.3 is 0 Å². The van der Waals surface area contributed by atoms with Crippen LogP contribution >= 0.6 is 11.3 Å². The van der Waals surface area contributed by atoms with Crippen LogP contribution in [0.15, 0.2) is 115 Å². The Morgan fingerprint density at radius 1 is 0.471 bits per heavy atom. The van der Waals surface area contributed by atoms with Crippen molar-refractivity contribution < 1.29 is 0 Å². The van der Waals surface area contributed by atoms with E-state index < -0.39 is 0 Å². The second-order valence-electron chi connectivity index (χ2n) is 17.9. The van der Waals surface area contributed by atoms with E-state index in [-0.39, 0.29) is 23.0 Å². The van der Waals surface area contributed by atoms with Crippen LogP contribution in [0.4, 0.5) is 17.1 Å². The summed E-state index contributed by atoms with van der Waals surface area (Å²) in [4.78, 5) is 2.59. The van der Waals surface area contributed by atoms with Gasteiger partial charge in [0, 0.05) is 37.2 Å². The third-order valence-corrected chi connectivity index (χ3v) is 12.5. The summed E-state index contributed by atoms with van der Waals surface area (Å²) in [5.74, 6) is 0. The van der Waals surface area contributed by atoms with Crippen molar-refractivity contribution in [2.75, 3.05) is 4.90 Å². The smallest absolute Gasteiger partial charge is 0.248 e. The molecule has 2 aliphatic rings. The Hall–Kier alpha value is -4.60. The molecule has 0 saturated heterocycles. The molecule has 3 heterocycles. The van der Waals surface area contributed by atoms with Gasteiger partial charge in [0.05, 0.1) is 0 Å². The van der Waals surface area contributed by atoms with Gasteiger partial charge in [-0.25, -0.2) is 0 Å². The zero-order chi connectivity index (χ0) is 35.6. The van der Waals surface area contributed by atoms with E-state index in [1.165, 1.54) is 92.6 Å². The van der Waals surface area contributed by atoms with Gasteiger partial charge in [0.2, 0.25) is 6.71 Å². The molecule has 0 amide bonds. The number of anilines is 3. The average molecular weight is 680 g/mol. The minimum atomic E-state index is 0.0230. The van der Waals surface area contributed by atoms with Crippen molar-refractivity contribution in [3.05, 3.63) is 132 Å². The van der Waals surface area contributed by atoms with Gasteiger partial charge in [0.15, 0.2) is 0 Å². The highest BCUT2D eigenvalue weighted by Crippen LogP contribution is 2.46. The van der Waals surface area contributed by atoms with Gasteiger partial charge in [-0.1, -0.05) is 135 Å². The summed E-state index contributed by atoms with van der Waals surface area (Å²) in [7, 11) is 0. The number of rotatable bonds is 2. The minimum Gasteiger partial charge on any atom is -0.311 e. The molecule has 0 bridgehead atoms. The summed E-state index contributed by atoms with van der Waals surface area (Å²) in [6, 6.07) is 44.8. The van der Waals surface area contributed by atoms with E-state index >= 15 is 0 Å². The first-order chi connectivity index (χ1) is 24.2. The molecule has 0 spiro atoms. The third-order valence-electron chi connectivity index (χ3n) is 11.3. The Bertz CT molecular complexity index is 2550. The van der Waals surface area contributed by atoms with Crippen molar-refractivity contribution in [3.63, 3.8) is 0 Å². The number of benzene rings is 6. The molecule has 252 valence electrons. The van der Waals surface area contributed by atoms with Crippen LogP contribution < -0.4 is 21.3 Å². The molecule has 7 aromatic rings. The lowest BCUT2D eigenvalue weighted by Gasteiger charge is -2.38. The average Bonchev–Trinajstić information content (AvgIpc) is 3.63. The highest BCUT2D eigenvalue weighted by Gasteiger charge is 2.43. The molecular weight excluding hydrogens is 633 g/mol. The maximum absolute atomic E-state index is 2.59. The van der Waals surface area contributed by atoms with Crippen molar-refractivity contribution in [2.45, 2.75) is 78.6 Å². The largest absolute Gasteiger partial charge is 0.311 e. The molecule has 1 nitrogen and oxygen atoms in total. The number of hydrogen-bond acceptors (Lipinski definition) is 2. The first-order valence-corrected chi connectivity index (χ1v) is 19.3. The van der Waals surface area contributed by atoms with Crippen LogP contribution in [0.25, 0.3) is 42.4 Å². The van der Waals surface area contributed by atoms with Crippen molar-refractivity contribution >= 4 is 71.7 Å². The van der Waals surface area contributed by atoms with Gasteiger partial charge in [-0.2, -0.15) is 0 Å². The molecule has 0 N–H and O–H groups in total. The number of thiophene rings is 1. The van der Waals surface area contributed by atoms with Crippen LogP contribution in [0, 0.1) is 0 Å². The van der Waals surface area contributed by atoms with Gasteiger partial charge in [-0.05, 0) is 115 Å². The maximum atomic E-state index is 2.59. The fourth-order valence-electron chi connectivity index (χ4n) is 8.38. The molecule has 2 aliphatic heterocycles. The molecule has 0 fully saturated rings. The summed E-state index contributed by atoms with van der Waals surface area (Å²) in [6.45, 7) is 21.1. The zero-order valence-corrected chi connectivity index (χ0v) is 32.2. The Labute approximate surface area is 308 Å². The summed E-state index contributed by atoms with van der Waals surface area (Å²) in [5, 5.41) is 2.68. The Morgan fingerprint density at radius 2 is 1.14 bits per heavy atom. The fraction of sp³-hybridized carbons (Fsp3) is 0.250. The van der Waals surface area contributed by atoms with Crippen LogP contribution in [-0.2, 0) is 16.2 Å². The summed E-state index contributed by atoms with van der Waals surface area (Å²) in [6.07, 6.45) is 0. The van der Waals surface area contributed by atoms with Gasteiger partial charge < -0.3 is 4.90 Å². The van der Waals surface area contributed by atoms with E-state index in [0.717, 1.165) is 0 Å². The number of fused-ring (bicyclic) bond motifs is 8. The summed E-state index contributed by atoms with van der Waals surface area (Å²) >= 11 is 1.89. The highest BCUT2D eigenvalue weighted by atomic mass is 32.1. The first-order valence-electron chi connectivity index (χ1n) is 18.5. The molecule has 6 aromatic carbocycles. The number of hydrogen-bond donors (Lipinski definition) is 0. The monoisotopic (exact) mass is 679 g/mol. The van der Waals surface area contributed by atoms with Gasteiger partial charge in [-0.3, -0.25) is 0 Å². The minimum absolute atomic E-state index is 0.0230. The lowest BCUT2D eigenvalue weighted by molar-refractivity contribution is 0.590. The molecule has 0 atom stereocenters. The quantitative estimate of drug-likeness (QED) is 0.164. The Kier molecular flexibility index (Phi) is 6.94. The SMILES string of the molecule is CC(C)(C)c1cccc(N2c3cc(C(C)(C)C)ccc3B3c4ccc(C(C)(C)C)cc4-c4cc(-c5ccc6sc7ccccc7c6c5)cc2c43)c1. The Morgan fingerprint density at radius 3 is 1.88 bits per heavy atom. The third kappa shape index (κ3) is 5.11. The van der Waals surface area contributed by atoms with Crippen molar-refractivity contribution in [3.8, 4) is 22.3 Å². The van der Waals surface area contributed by atoms with E-state index in [4.69, 9.17) is 0 Å². The fourth-order valence-corrected chi connectivity index (χ4v) is 9.46. The van der Waals surface area contributed by atoms with Gasteiger partial charge in [0.25, 0.3) is 0 Å². The van der Waals surface area contributed by atoms with Crippen molar-refractivity contribution in [2.24, 2.45) is 0 Å². The number of nitrogens with zero attached hydrogens (tertiary/aromatic N) is 1. The standard InChI is InChI=1S/C48H46BNS/c1-46(2,3)31-13-12-14-34(26-31)50-41-28-33(48(7,8)9)19-21-40(41)49-39-20-18-32(47(4,5)6)27-36(39)38-24-30(25-42(50)45(38)49)29-17-22-44-37(23-29)35-15-10-11-16-43(35)51-44/h10-28H,1-9H3. The Balaban J connectivity index is 1.37. The van der Waals surface area contributed by atoms with Crippen LogP contribution in [0.5, 0.6) is 0 Å². The second kappa shape index (κ2) is 11.0. The molecular formula is C48H46BNS. The van der Waals surface area contributed by atoms with E-state index in [0.29, 0.717) is 0 Å². The van der Waals surface area contributed by atoms with Crippen LogP contribution in [0.1, 0.15) is 79.0 Å². The maximum Gasteiger partial charge on any atom is 0.248 e. The lowest BCUT2D eigenvalue weighted by Crippen LogP contribution is -2.54. The van der Waals surface area contributed by atoms with E-state index in [9.17, 15) is 0 Å². The highest BCUT2D eigenvalue weighted by molar-refractivity contribution is 7.25. The van der Waals surface area contributed by atoms with Crippen molar-refractivity contribution in [1.29, 1.82) is 0 Å². The molecule has 1 aromatic heterocycles. The lowest BCUT2D eigenvalue weighted by atomic mass is 9.37.